The first-order valence-electron chi connectivity index (χ1n) is 14.0. The molecule has 1 heterocycles. The van der Waals surface area contributed by atoms with Gasteiger partial charge in [-0.05, 0) is 68.0 Å². The van der Waals surface area contributed by atoms with Crippen LogP contribution in [0.25, 0.3) is 17.3 Å². The van der Waals surface area contributed by atoms with Crippen molar-refractivity contribution in [3.63, 3.8) is 0 Å². The van der Waals surface area contributed by atoms with E-state index in [0.717, 1.165) is 21.0 Å². The van der Waals surface area contributed by atoms with E-state index in [1.807, 2.05) is 50.2 Å². The van der Waals surface area contributed by atoms with Crippen LogP contribution in [0.3, 0.4) is 0 Å². The molecule has 5 aromatic rings. The van der Waals surface area contributed by atoms with Gasteiger partial charge in [0.2, 0.25) is 5.91 Å². The number of nitrogens with one attached hydrogen (secondary N) is 3. The summed E-state index contributed by atoms with van der Waals surface area (Å²) >= 11 is 8.79. The van der Waals surface area contributed by atoms with Gasteiger partial charge < -0.3 is 16.0 Å². The van der Waals surface area contributed by atoms with Crippen LogP contribution in [-0.2, 0) is 9.59 Å². The Morgan fingerprint density at radius 2 is 1.60 bits per heavy atom. The summed E-state index contributed by atoms with van der Waals surface area (Å²) in [6.45, 7) is 4.02. The number of thioether (sulfide) groups is 1. The van der Waals surface area contributed by atoms with E-state index in [2.05, 4.69) is 20.9 Å². The van der Waals surface area contributed by atoms with Crippen LogP contribution in [0.15, 0.2) is 114 Å². The number of aromatic nitrogens is 1. The fraction of sp³-hybridized carbons (Fsp3) is 0.0857. The maximum Gasteiger partial charge on any atom is 0.272 e. The van der Waals surface area contributed by atoms with Crippen LogP contribution in [0, 0.1) is 13.8 Å². The highest BCUT2D eigenvalue weighted by molar-refractivity contribution is 8.00. The molecule has 1 aromatic heterocycles. The number of anilines is 2. The molecule has 0 aliphatic heterocycles. The number of amides is 3. The molecule has 0 aliphatic carbocycles. The van der Waals surface area contributed by atoms with Crippen molar-refractivity contribution in [3.05, 3.63) is 135 Å². The molecule has 0 radical (unpaired) electrons. The maximum atomic E-state index is 13.4. The van der Waals surface area contributed by atoms with Gasteiger partial charge in [0.1, 0.15) is 5.70 Å². The molecule has 5 rings (SSSR count). The van der Waals surface area contributed by atoms with Gasteiger partial charge in [-0.3, -0.25) is 14.4 Å². The first kappa shape index (κ1) is 31.7. The third-order valence-corrected chi connectivity index (χ3v) is 8.67. The zero-order chi connectivity index (χ0) is 31.8. The molecule has 10 heteroatoms. The van der Waals surface area contributed by atoms with Crippen LogP contribution in [0.1, 0.15) is 26.4 Å². The van der Waals surface area contributed by atoms with E-state index >= 15 is 0 Å². The average molecular weight is 653 g/mol. The molecule has 3 amide bonds. The zero-order valence-electron chi connectivity index (χ0n) is 24.5. The Balaban J connectivity index is 1.23. The Kier molecular flexibility index (Phi) is 10.5. The van der Waals surface area contributed by atoms with Crippen LogP contribution in [0.5, 0.6) is 0 Å². The van der Waals surface area contributed by atoms with Gasteiger partial charge in [-0.2, -0.15) is 0 Å². The summed E-state index contributed by atoms with van der Waals surface area (Å²) in [7, 11) is 0. The first-order valence-corrected chi connectivity index (χ1v) is 16.1. The Morgan fingerprint density at radius 3 is 2.33 bits per heavy atom. The second kappa shape index (κ2) is 14.9. The Hall–Kier alpha value is -4.70. The molecule has 3 N–H and O–H groups in total. The predicted molar refractivity (Wildman–Crippen MR) is 185 cm³/mol. The van der Waals surface area contributed by atoms with Crippen molar-refractivity contribution < 1.29 is 14.4 Å². The van der Waals surface area contributed by atoms with E-state index in [1.165, 1.54) is 28.7 Å². The van der Waals surface area contributed by atoms with Crippen molar-refractivity contribution in [1.29, 1.82) is 0 Å². The number of benzene rings is 4. The summed E-state index contributed by atoms with van der Waals surface area (Å²) in [4.78, 5) is 45.5. The monoisotopic (exact) mass is 652 g/mol. The second-order valence-corrected chi connectivity index (χ2v) is 12.7. The summed E-state index contributed by atoms with van der Waals surface area (Å²) in [5, 5.41) is 9.59. The third kappa shape index (κ3) is 8.92. The number of carbonyl (C=O) groups excluding carboxylic acids is 3. The van der Waals surface area contributed by atoms with E-state index < -0.39 is 11.8 Å². The molecule has 0 atom stereocenters. The van der Waals surface area contributed by atoms with E-state index in [-0.39, 0.29) is 17.4 Å². The van der Waals surface area contributed by atoms with Gasteiger partial charge in [-0.1, -0.05) is 77.8 Å². The van der Waals surface area contributed by atoms with Crippen LogP contribution < -0.4 is 16.0 Å². The zero-order valence-corrected chi connectivity index (χ0v) is 26.9. The molecular formula is C35H29ClN4O3S2. The Bertz CT molecular complexity index is 1850. The first-order chi connectivity index (χ1) is 21.7. The predicted octanol–water partition coefficient (Wildman–Crippen LogP) is 8.22. The van der Waals surface area contributed by atoms with Gasteiger partial charge in [0, 0.05) is 31.6 Å². The second-order valence-electron chi connectivity index (χ2n) is 10.0. The van der Waals surface area contributed by atoms with Crippen molar-refractivity contribution >= 4 is 69.3 Å². The number of nitrogens with zero attached hydrogens (tertiary/aromatic N) is 1. The molecule has 0 aliphatic rings. The minimum absolute atomic E-state index is 0.0624. The number of hydrogen-bond donors (Lipinski definition) is 3. The molecule has 45 heavy (non-hydrogen) atoms. The molecular weight excluding hydrogens is 624 g/mol. The summed E-state index contributed by atoms with van der Waals surface area (Å²) in [5.41, 5.74) is 4.72. The topological polar surface area (TPSA) is 100 Å². The molecule has 4 aromatic carbocycles. The van der Waals surface area contributed by atoms with Gasteiger partial charge in [-0.25, -0.2) is 4.98 Å². The number of aryl methyl sites for hydroxylation is 2. The van der Waals surface area contributed by atoms with Gasteiger partial charge in [0.05, 0.1) is 11.4 Å². The summed E-state index contributed by atoms with van der Waals surface area (Å²) < 4.78 is 0. The van der Waals surface area contributed by atoms with E-state index in [9.17, 15) is 14.4 Å². The molecule has 0 spiro atoms. The fourth-order valence-corrected chi connectivity index (χ4v) is 6.00. The van der Waals surface area contributed by atoms with Gasteiger partial charge in [0.25, 0.3) is 11.8 Å². The quantitative estimate of drug-likeness (QED) is 0.104. The van der Waals surface area contributed by atoms with E-state index in [4.69, 9.17) is 11.6 Å². The van der Waals surface area contributed by atoms with Crippen molar-refractivity contribution in [2.75, 3.05) is 16.4 Å². The molecule has 0 fully saturated rings. The number of halogens is 1. The molecule has 7 nitrogen and oxygen atoms in total. The summed E-state index contributed by atoms with van der Waals surface area (Å²) in [5.74, 6) is -0.944. The smallest absolute Gasteiger partial charge is 0.272 e. The van der Waals surface area contributed by atoms with Crippen molar-refractivity contribution in [1.82, 2.24) is 10.3 Å². The lowest BCUT2D eigenvalue weighted by atomic mass is 10.1. The minimum atomic E-state index is -0.502. The summed E-state index contributed by atoms with van der Waals surface area (Å²) in [6, 6.07) is 30.9. The van der Waals surface area contributed by atoms with Crippen molar-refractivity contribution in [2.45, 2.75) is 18.7 Å². The highest BCUT2D eigenvalue weighted by Gasteiger charge is 2.16. The molecule has 0 saturated carbocycles. The largest absolute Gasteiger partial charge is 0.321 e. The van der Waals surface area contributed by atoms with Gasteiger partial charge in [-0.15, -0.1) is 23.1 Å². The SMILES string of the molecule is Cc1ccc(-c2nc(NC(=O)CSc3cccc(NC(=O)/C(=C/c4ccc(Cl)cc4)NC(=O)c4ccccc4)c3)sc2C)cc1. The maximum absolute atomic E-state index is 13.4. The van der Waals surface area contributed by atoms with E-state index in [1.54, 1.807) is 72.8 Å². The number of hydrogen-bond acceptors (Lipinski definition) is 6. The standard InChI is InChI=1S/C35H29ClN4O3S2/c1-22-11-15-25(16-12-22)32-23(2)45-35(40-32)39-31(41)21-44-29-10-6-9-28(20-29)37-34(43)30(19-24-13-17-27(36)18-14-24)38-33(42)26-7-4-3-5-8-26/h3-20H,21H2,1-2H3,(H,37,43)(H,38,42)(H,39,40,41)/b30-19-. The molecule has 226 valence electrons. The van der Waals surface area contributed by atoms with Gasteiger partial charge >= 0.3 is 0 Å². The number of carbonyl (C=O) groups is 3. The average Bonchev–Trinajstić information content (AvgIpc) is 3.41. The lowest BCUT2D eigenvalue weighted by molar-refractivity contribution is -0.114. The lowest BCUT2D eigenvalue weighted by Gasteiger charge is -2.12. The van der Waals surface area contributed by atoms with Crippen molar-refractivity contribution in [2.24, 2.45) is 0 Å². The van der Waals surface area contributed by atoms with E-state index in [0.29, 0.717) is 27.0 Å². The van der Waals surface area contributed by atoms with Crippen molar-refractivity contribution in [3.8, 4) is 11.3 Å². The molecule has 0 bridgehead atoms. The minimum Gasteiger partial charge on any atom is -0.321 e. The lowest BCUT2D eigenvalue weighted by Crippen LogP contribution is -2.30. The Labute approximate surface area is 274 Å². The highest BCUT2D eigenvalue weighted by Crippen LogP contribution is 2.31. The fourth-order valence-electron chi connectivity index (χ4n) is 4.26. The van der Waals surface area contributed by atoms with Crippen LogP contribution in [-0.4, -0.2) is 28.5 Å². The van der Waals surface area contributed by atoms with Crippen LogP contribution >= 0.6 is 34.7 Å². The molecule has 0 saturated heterocycles. The normalized spacial score (nSPS) is 11.1. The number of thiazole rings is 1. The highest BCUT2D eigenvalue weighted by atomic mass is 35.5. The Morgan fingerprint density at radius 1 is 0.867 bits per heavy atom. The summed E-state index contributed by atoms with van der Waals surface area (Å²) in [6.07, 6.45) is 1.58. The van der Waals surface area contributed by atoms with Crippen LogP contribution in [0.2, 0.25) is 5.02 Å². The third-order valence-electron chi connectivity index (χ3n) is 6.54. The van der Waals surface area contributed by atoms with Gasteiger partial charge in [0.15, 0.2) is 5.13 Å². The van der Waals surface area contributed by atoms with Crippen LogP contribution in [0.4, 0.5) is 10.8 Å². The molecule has 0 unspecified atom stereocenters. The number of rotatable bonds is 10.